The van der Waals surface area contributed by atoms with E-state index in [0.29, 0.717) is 12.0 Å². The van der Waals surface area contributed by atoms with E-state index in [1.165, 1.54) is 6.07 Å². The molecular formula is C15H15FINO. The Morgan fingerprint density at radius 2 is 1.84 bits per heavy atom. The first kappa shape index (κ1) is 14.4. The van der Waals surface area contributed by atoms with Crippen molar-refractivity contribution in [2.24, 2.45) is 5.73 Å². The fourth-order valence-corrected chi connectivity index (χ4v) is 2.48. The maximum atomic E-state index is 13.7. The fourth-order valence-electron chi connectivity index (χ4n) is 1.96. The Bertz CT molecular complexity index is 547. The van der Waals surface area contributed by atoms with Crippen LogP contribution in [0.1, 0.15) is 17.2 Å². The van der Waals surface area contributed by atoms with Gasteiger partial charge in [-0.15, -0.1) is 0 Å². The number of aliphatic hydroxyl groups is 1. The minimum Gasteiger partial charge on any atom is -0.391 e. The third-order valence-corrected chi connectivity index (χ3v) is 3.69. The molecule has 2 atom stereocenters. The maximum absolute atomic E-state index is 13.7. The summed E-state index contributed by atoms with van der Waals surface area (Å²) in [5.74, 6) is -0.375. The topological polar surface area (TPSA) is 46.2 Å². The van der Waals surface area contributed by atoms with Crippen molar-refractivity contribution >= 4 is 22.6 Å². The van der Waals surface area contributed by atoms with Gasteiger partial charge in [0.15, 0.2) is 0 Å². The third kappa shape index (κ3) is 3.75. The van der Waals surface area contributed by atoms with Crippen molar-refractivity contribution in [1.82, 2.24) is 0 Å². The average molecular weight is 371 g/mol. The summed E-state index contributed by atoms with van der Waals surface area (Å²) < 4.78 is 14.6. The van der Waals surface area contributed by atoms with E-state index in [9.17, 15) is 9.50 Å². The number of benzene rings is 2. The SMILES string of the molecule is N[C@H](c1cc(I)ccc1F)[C@@H](O)Cc1ccccc1. The normalized spacial score (nSPS) is 14.1. The van der Waals surface area contributed by atoms with Crippen molar-refractivity contribution in [2.45, 2.75) is 18.6 Å². The number of hydrogen-bond acceptors (Lipinski definition) is 2. The van der Waals surface area contributed by atoms with Crippen LogP contribution in [0.15, 0.2) is 48.5 Å². The lowest BCUT2D eigenvalue weighted by Crippen LogP contribution is -2.29. The number of nitrogens with two attached hydrogens (primary N) is 1. The smallest absolute Gasteiger partial charge is 0.128 e. The van der Waals surface area contributed by atoms with Crippen LogP contribution >= 0.6 is 22.6 Å². The second-order valence-corrected chi connectivity index (χ2v) is 5.69. The van der Waals surface area contributed by atoms with E-state index in [-0.39, 0.29) is 5.82 Å². The predicted molar refractivity (Wildman–Crippen MR) is 82.2 cm³/mol. The van der Waals surface area contributed by atoms with Crippen LogP contribution in [0.25, 0.3) is 0 Å². The average Bonchev–Trinajstić information content (AvgIpc) is 2.42. The summed E-state index contributed by atoms with van der Waals surface area (Å²) >= 11 is 2.10. The van der Waals surface area contributed by atoms with E-state index in [0.717, 1.165) is 9.13 Å². The van der Waals surface area contributed by atoms with Crippen molar-refractivity contribution in [3.8, 4) is 0 Å². The van der Waals surface area contributed by atoms with Gasteiger partial charge >= 0.3 is 0 Å². The quantitative estimate of drug-likeness (QED) is 0.812. The lowest BCUT2D eigenvalue weighted by Gasteiger charge is -2.20. The Labute approximate surface area is 125 Å². The van der Waals surface area contributed by atoms with Gasteiger partial charge in [0.25, 0.3) is 0 Å². The van der Waals surface area contributed by atoms with E-state index < -0.39 is 12.1 Å². The van der Waals surface area contributed by atoms with E-state index in [2.05, 4.69) is 22.6 Å². The van der Waals surface area contributed by atoms with Gasteiger partial charge in [0, 0.05) is 15.6 Å². The summed E-state index contributed by atoms with van der Waals surface area (Å²) in [4.78, 5) is 0. The number of hydrogen-bond donors (Lipinski definition) is 2. The largest absolute Gasteiger partial charge is 0.391 e. The minimum absolute atomic E-state index is 0.357. The van der Waals surface area contributed by atoms with E-state index in [1.807, 2.05) is 30.3 Å². The lowest BCUT2D eigenvalue weighted by atomic mass is 9.96. The summed E-state index contributed by atoms with van der Waals surface area (Å²) in [6, 6.07) is 13.6. The molecule has 0 spiro atoms. The van der Waals surface area contributed by atoms with Gasteiger partial charge in [-0.1, -0.05) is 30.3 Å². The summed E-state index contributed by atoms with van der Waals surface area (Å²) in [5.41, 5.74) is 7.30. The van der Waals surface area contributed by atoms with Crippen molar-refractivity contribution in [3.63, 3.8) is 0 Å². The molecule has 19 heavy (non-hydrogen) atoms. The van der Waals surface area contributed by atoms with Gasteiger partial charge in [0.2, 0.25) is 0 Å². The van der Waals surface area contributed by atoms with Crippen LogP contribution in [0.5, 0.6) is 0 Å². The molecule has 2 aromatic rings. The molecule has 100 valence electrons. The molecule has 3 N–H and O–H groups in total. The van der Waals surface area contributed by atoms with Crippen molar-refractivity contribution in [1.29, 1.82) is 0 Å². The highest BCUT2D eigenvalue weighted by Crippen LogP contribution is 2.22. The molecule has 0 aliphatic carbocycles. The molecule has 2 rings (SSSR count). The molecule has 0 saturated carbocycles. The monoisotopic (exact) mass is 371 g/mol. The first-order chi connectivity index (χ1) is 9.08. The predicted octanol–water partition coefficient (Wildman–Crippen LogP) is 3.03. The molecule has 0 saturated heterocycles. The van der Waals surface area contributed by atoms with Crippen LogP contribution in [-0.2, 0) is 6.42 Å². The lowest BCUT2D eigenvalue weighted by molar-refractivity contribution is 0.143. The molecule has 0 fully saturated rings. The number of rotatable bonds is 4. The molecule has 2 aromatic carbocycles. The highest BCUT2D eigenvalue weighted by atomic mass is 127. The zero-order valence-electron chi connectivity index (χ0n) is 10.3. The number of halogens is 2. The fraction of sp³-hybridized carbons (Fsp3) is 0.200. The molecule has 0 radical (unpaired) electrons. The highest BCUT2D eigenvalue weighted by molar-refractivity contribution is 14.1. The van der Waals surface area contributed by atoms with Gasteiger partial charge in [-0.2, -0.15) is 0 Å². The molecule has 0 aliphatic heterocycles. The van der Waals surface area contributed by atoms with Gasteiger partial charge in [0.05, 0.1) is 12.1 Å². The minimum atomic E-state index is -0.810. The second-order valence-electron chi connectivity index (χ2n) is 4.45. The Morgan fingerprint density at radius 3 is 2.53 bits per heavy atom. The molecular weight excluding hydrogens is 356 g/mol. The molecule has 0 bridgehead atoms. The Kier molecular flexibility index (Phi) is 4.90. The Hall–Kier alpha value is -0.980. The van der Waals surface area contributed by atoms with Crippen molar-refractivity contribution in [3.05, 3.63) is 69.0 Å². The second kappa shape index (κ2) is 6.45. The van der Waals surface area contributed by atoms with Crippen LogP contribution in [0, 0.1) is 9.39 Å². The van der Waals surface area contributed by atoms with E-state index in [4.69, 9.17) is 5.73 Å². The zero-order chi connectivity index (χ0) is 13.8. The first-order valence-electron chi connectivity index (χ1n) is 6.00. The molecule has 2 nitrogen and oxygen atoms in total. The van der Waals surface area contributed by atoms with Gasteiger partial charge < -0.3 is 10.8 Å². The van der Waals surface area contributed by atoms with Gasteiger partial charge in [-0.05, 0) is 46.4 Å². The molecule has 0 aliphatic rings. The Balaban J connectivity index is 2.14. The summed E-state index contributed by atoms with van der Waals surface area (Å²) in [6.07, 6.45) is -0.400. The maximum Gasteiger partial charge on any atom is 0.128 e. The molecule has 0 aromatic heterocycles. The molecule has 4 heteroatoms. The van der Waals surface area contributed by atoms with Crippen molar-refractivity contribution in [2.75, 3.05) is 0 Å². The Morgan fingerprint density at radius 1 is 1.16 bits per heavy atom. The zero-order valence-corrected chi connectivity index (χ0v) is 12.4. The van der Waals surface area contributed by atoms with Crippen LogP contribution in [0.2, 0.25) is 0 Å². The van der Waals surface area contributed by atoms with Crippen LogP contribution in [-0.4, -0.2) is 11.2 Å². The van der Waals surface area contributed by atoms with Crippen LogP contribution < -0.4 is 5.73 Å². The summed E-state index contributed by atoms with van der Waals surface area (Å²) in [7, 11) is 0. The van der Waals surface area contributed by atoms with Gasteiger partial charge in [-0.25, -0.2) is 4.39 Å². The molecule has 0 heterocycles. The van der Waals surface area contributed by atoms with E-state index in [1.54, 1.807) is 12.1 Å². The van der Waals surface area contributed by atoms with E-state index >= 15 is 0 Å². The van der Waals surface area contributed by atoms with Crippen LogP contribution in [0.3, 0.4) is 0 Å². The molecule has 0 amide bonds. The number of aliphatic hydroxyl groups excluding tert-OH is 1. The highest BCUT2D eigenvalue weighted by Gasteiger charge is 2.20. The standard InChI is InChI=1S/C15H15FINO/c16-13-7-6-11(17)9-12(13)15(18)14(19)8-10-4-2-1-3-5-10/h1-7,9,14-15,19H,8,18H2/t14-,15+/m0/s1. The molecule has 0 unspecified atom stereocenters. The summed E-state index contributed by atoms with van der Waals surface area (Å²) in [5, 5.41) is 10.1. The van der Waals surface area contributed by atoms with Crippen molar-refractivity contribution < 1.29 is 9.50 Å². The van der Waals surface area contributed by atoms with Gasteiger partial charge in [-0.3, -0.25) is 0 Å². The van der Waals surface area contributed by atoms with Crippen LogP contribution in [0.4, 0.5) is 4.39 Å². The first-order valence-corrected chi connectivity index (χ1v) is 7.08. The third-order valence-electron chi connectivity index (χ3n) is 3.02. The van der Waals surface area contributed by atoms with Gasteiger partial charge in [0.1, 0.15) is 5.82 Å². The summed E-state index contributed by atoms with van der Waals surface area (Å²) in [6.45, 7) is 0.